The van der Waals surface area contributed by atoms with E-state index in [-0.39, 0.29) is 23.8 Å². The molecule has 3 aliphatic carbocycles. The number of imidazole rings is 1. The highest BCUT2D eigenvalue weighted by atomic mass is 35.5. The van der Waals surface area contributed by atoms with E-state index in [1.807, 2.05) is 43.6 Å². The zero-order valence-electron chi connectivity index (χ0n) is 34.9. The topological polar surface area (TPSA) is 155 Å². The van der Waals surface area contributed by atoms with E-state index in [0.29, 0.717) is 40.7 Å². The van der Waals surface area contributed by atoms with Crippen LogP contribution in [0.2, 0.25) is 5.02 Å². The summed E-state index contributed by atoms with van der Waals surface area (Å²) >= 11 is 6.52. The van der Waals surface area contributed by atoms with Crippen molar-refractivity contribution in [2.45, 2.75) is 108 Å². The second-order valence-corrected chi connectivity index (χ2v) is 17.7. The van der Waals surface area contributed by atoms with Gasteiger partial charge in [0.2, 0.25) is 11.8 Å². The second-order valence-electron chi connectivity index (χ2n) is 17.2. The monoisotopic (exact) mass is 843 g/mol. The summed E-state index contributed by atoms with van der Waals surface area (Å²) in [5.41, 5.74) is 8.14. The molecular formula is C47H54ClN9O4. The van der Waals surface area contributed by atoms with Gasteiger partial charge in [-0.2, -0.15) is 0 Å². The van der Waals surface area contributed by atoms with Crippen LogP contribution in [0.1, 0.15) is 111 Å². The molecule has 2 aromatic carbocycles. The van der Waals surface area contributed by atoms with Gasteiger partial charge in [0.1, 0.15) is 5.75 Å². The van der Waals surface area contributed by atoms with Gasteiger partial charge in [0.25, 0.3) is 5.91 Å². The molecule has 3 amide bonds. The summed E-state index contributed by atoms with van der Waals surface area (Å²) in [4.78, 5) is 48.3. The predicted molar refractivity (Wildman–Crippen MR) is 238 cm³/mol. The standard InChI is InChI=1S/C44H48ClN9O4.C3H6/c1-46-36-23-39(52-54-38(43(57)47-2)25-49-41(36)54)53-21-16-31-30(4-3-5-37(31)53)35-10-7-29(24-48-35)58-28-14-19-44(20-15-28)17-12-26(13-18-44)50-27-6-9-34(45)33(22-27)32-8-11-40(55)51-42(32)56;1-2-3-1/h3-7,9-10,22-26,28,32,46,50H,8,11-21H2,1-2H3,(H,47,57)(H,51,55,56);1-3H2. The van der Waals surface area contributed by atoms with Gasteiger partial charge in [0, 0.05) is 61.1 Å². The molecule has 1 unspecified atom stereocenters. The van der Waals surface area contributed by atoms with Crippen molar-refractivity contribution >= 4 is 57.8 Å². The van der Waals surface area contributed by atoms with E-state index in [2.05, 4.69) is 55.4 Å². The summed E-state index contributed by atoms with van der Waals surface area (Å²) in [6.07, 6.45) is 18.7. The molecule has 0 bridgehead atoms. The van der Waals surface area contributed by atoms with Gasteiger partial charge in [-0.25, -0.2) is 9.50 Å². The van der Waals surface area contributed by atoms with Crippen LogP contribution in [0.15, 0.2) is 67.0 Å². The van der Waals surface area contributed by atoms with E-state index < -0.39 is 5.92 Å². The molecule has 4 N–H and O–H groups in total. The van der Waals surface area contributed by atoms with Crippen LogP contribution in [-0.4, -0.2) is 70.1 Å². The minimum Gasteiger partial charge on any atom is -0.489 e. The lowest BCUT2D eigenvalue weighted by atomic mass is 9.64. The molecule has 5 heterocycles. The van der Waals surface area contributed by atoms with Gasteiger partial charge in [0.05, 0.1) is 35.8 Å². The third kappa shape index (κ3) is 8.62. The number of ether oxygens (including phenoxy) is 1. The van der Waals surface area contributed by atoms with E-state index in [9.17, 15) is 14.4 Å². The Balaban J connectivity index is 0.00000152. The molecule has 1 spiro atoms. The maximum atomic E-state index is 12.6. The lowest BCUT2D eigenvalue weighted by molar-refractivity contribution is -0.134. The Bertz CT molecular complexity index is 2430. The molecule has 10 rings (SSSR count). The minimum absolute atomic E-state index is 0.176. The van der Waals surface area contributed by atoms with Gasteiger partial charge in [0.15, 0.2) is 17.2 Å². The van der Waals surface area contributed by atoms with Crippen molar-refractivity contribution in [1.82, 2.24) is 30.2 Å². The van der Waals surface area contributed by atoms with Crippen molar-refractivity contribution in [3.05, 3.63) is 88.8 Å². The largest absolute Gasteiger partial charge is 0.489 e. The number of fused-ring (bicyclic) bond motifs is 2. The number of aromatic nitrogens is 4. The zero-order valence-corrected chi connectivity index (χ0v) is 35.7. The molecule has 4 fully saturated rings. The summed E-state index contributed by atoms with van der Waals surface area (Å²) in [6, 6.07) is 18.6. The number of piperidine rings is 1. The molecule has 5 aromatic rings. The van der Waals surface area contributed by atoms with E-state index in [0.717, 1.165) is 96.9 Å². The number of nitrogens with zero attached hydrogens (tertiary/aromatic N) is 5. The number of amides is 3. The van der Waals surface area contributed by atoms with Crippen LogP contribution in [0, 0.1) is 5.41 Å². The fraction of sp³-hybridized carbons (Fsp3) is 0.447. The number of hydrogen-bond donors (Lipinski definition) is 4. The predicted octanol–water partition coefficient (Wildman–Crippen LogP) is 8.59. The highest BCUT2D eigenvalue weighted by Gasteiger charge is 2.39. The van der Waals surface area contributed by atoms with E-state index >= 15 is 0 Å². The Hall–Kier alpha value is -5.69. The van der Waals surface area contributed by atoms with Crippen LogP contribution < -0.4 is 30.9 Å². The second kappa shape index (κ2) is 17.4. The fourth-order valence-corrected chi connectivity index (χ4v) is 9.84. The number of rotatable bonds is 9. The Morgan fingerprint density at radius 1 is 0.902 bits per heavy atom. The number of pyridine rings is 1. The van der Waals surface area contributed by atoms with E-state index in [4.69, 9.17) is 26.4 Å². The van der Waals surface area contributed by atoms with Gasteiger partial charge in [-0.15, -0.1) is 5.10 Å². The Morgan fingerprint density at radius 2 is 1.69 bits per heavy atom. The van der Waals surface area contributed by atoms with Crippen molar-refractivity contribution in [2.75, 3.05) is 36.2 Å². The third-order valence-electron chi connectivity index (χ3n) is 13.2. The number of benzene rings is 2. The van der Waals surface area contributed by atoms with Crippen LogP contribution in [-0.2, 0) is 16.0 Å². The number of anilines is 4. The molecule has 61 heavy (non-hydrogen) atoms. The number of carbonyl (C=O) groups is 3. The van der Waals surface area contributed by atoms with Crippen LogP contribution in [0.25, 0.3) is 16.9 Å². The van der Waals surface area contributed by atoms with Crippen LogP contribution >= 0.6 is 11.6 Å². The highest BCUT2D eigenvalue weighted by molar-refractivity contribution is 6.31. The highest BCUT2D eigenvalue weighted by Crippen LogP contribution is 2.49. The van der Waals surface area contributed by atoms with Gasteiger partial charge in [-0.3, -0.25) is 24.7 Å². The summed E-state index contributed by atoms with van der Waals surface area (Å²) in [5, 5.41) is 17.5. The average Bonchev–Trinajstić information content (AvgIpc) is 4.01. The molecule has 1 saturated heterocycles. The van der Waals surface area contributed by atoms with Gasteiger partial charge < -0.3 is 25.6 Å². The molecular weight excluding hydrogens is 790 g/mol. The number of carbonyl (C=O) groups excluding carboxylic acids is 3. The zero-order chi connectivity index (χ0) is 42.1. The smallest absolute Gasteiger partial charge is 0.271 e. The quantitative estimate of drug-likeness (QED) is 0.106. The molecule has 3 aromatic heterocycles. The van der Waals surface area contributed by atoms with Crippen molar-refractivity contribution in [3.8, 4) is 17.0 Å². The molecule has 14 heteroatoms. The minimum atomic E-state index is -0.404. The summed E-state index contributed by atoms with van der Waals surface area (Å²) in [7, 11) is 3.44. The summed E-state index contributed by atoms with van der Waals surface area (Å²) < 4.78 is 8.13. The van der Waals surface area contributed by atoms with Crippen LogP contribution in [0.4, 0.5) is 22.9 Å². The lowest BCUT2D eigenvalue weighted by Gasteiger charge is -2.45. The molecule has 318 valence electrons. The Morgan fingerprint density at radius 3 is 2.39 bits per heavy atom. The molecule has 13 nitrogen and oxygen atoms in total. The lowest BCUT2D eigenvalue weighted by Crippen LogP contribution is -2.39. The van der Waals surface area contributed by atoms with Crippen LogP contribution in [0.5, 0.6) is 5.75 Å². The molecule has 2 aliphatic heterocycles. The van der Waals surface area contributed by atoms with Gasteiger partial charge in [-0.05, 0) is 117 Å². The summed E-state index contributed by atoms with van der Waals surface area (Å²) in [6.45, 7) is 0.745. The van der Waals surface area contributed by atoms with Crippen LogP contribution in [0.3, 0.4) is 0 Å². The molecule has 1 atom stereocenters. The maximum Gasteiger partial charge on any atom is 0.271 e. The fourth-order valence-electron chi connectivity index (χ4n) is 9.59. The molecule has 3 saturated carbocycles. The van der Waals surface area contributed by atoms with Crippen molar-refractivity contribution < 1.29 is 19.1 Å². The summed E-state index contributed by atoms with van der Waals surface area (Å²) in [5.74, 6) is 0.388. The van der Waals surface area contributed by atoms with Crippen molar-refractivity contribution in [2.24, 2.45) is 5.41 Å². The number of nitrogens with one attached hydrogen (secondary N) is 4. The normalized spacial score (nSPS) is 23.1. The Labute approximate surface area is 361 Å². The molecule has 5 aliphatic rings. The SMILES string of the molecule is C1CC1.CNC(=O)c1cnc2c(NC)cc(N3CCc4c(-c5ccc(OC6CCC7(CCC(Nc8ccc(Cl)c(C9CCC(=O)NC9=O)c8)CC7)CC6)cn5)cccc43)nn12. The van der Waals surface area contributed by atoms with E-state index in [1.165, 1.54) is 37.7 Å². The first-order valence-electron chi connectivity index (χ1n) is 21.9. The maximum absolute atomic E-state index is 12.6. The van der Waals surface area contributed by atoms with E-state index in [1.54, 1.807) is 17.8 Å². The van der Waals surface area contributed by atoms with Gasteiger partial charge in [-0.1, -0.05) is 43.0 Å². The van der Waals surface area contributed by atoms with Gasteiger partial charge >= 0.3 is 0 Å². The van der Waals surface area contributed by atoms with Crippen molar-refractivity contribution in [1.29, 1.82) is 0 Å². The van der Waals surface area contributed by atoms with Crippen molar-refractivity contribution in [3.63, 3.8) is 0 Å². The number of imide groups is 1. The Kier molecular flexibility index (Phi) is 11.6. The number of halogens is 1. The third-order valence-corrected chi connectivity index (χ3v) is 13.5. The molecule has 0 radical (unpaired) electrons. The first-order chi connectivity index (χ1) is 29.7. The number of hydrogen-bond acceptors (Lipinski definition) is 10. The average molecular weight is 844 g/mol. The first-order valence-corrected chi connectivity index (χ1v) is 22.3. The first kappa shape index (κ1) is 40.7.